The molecule has 0 aromatic heterocycles. The second kappa shape index (κ2) is 7.09. The molecule has 0 saturated heterocycles. The molecular formula is C15H19NO3. The lowest BCUT2D eigenvalue weighted by Gasteiger charge is -2.10. The molecule has 0 bridgehead atoms. The Morgan fingerprint density at radius 3 is 2.74 bits per heavy atom. The van der Waals surface area contributed by atoms with Gasteiger partial charge in [0.15, 0.2) is 0 Å². The van der Waals surface area contributed by atoms with Gasteiger partial charge in [0, 0.05) is 18.7 Å². The largest absolute Gasteiger partial charge is 0.508 e. The average molecular weight is 261 g/mol. The van der Waals surface area contributed by atoms with Gasteiger partial charge in [-0.05, 0) is 16.8 Å². The lowest BCUT2D eigenvalue weighted by molar-refractivity contribution is 0.0938. The van der Waals surface area contributed by atoms with Crippen LogP contribution in [-0.2, 0) is 11.3 Å². The fourth-order valence-corrected chi connectivity index (χ4v) is 2.03. The van der Waals surface area contributed by atoms with Crippen LogP contribution in [0.4, 0.5) is 0 Å². The zero-order valence-electron chi connectivity index (χ0n) is 10.8. The summed E-state index contributed by atoms with van der Waals surface area (Å²) < 4.78 is 5.16. The van der Waals surface area contributed by atoms with Gasteiger partial charge in [-0.3, -0.25) is 0 Å². The van der Waals surface area contributed by atoms with Gasteiger partial charge in [-0.15, -0.1) is 0 Å². The van der Waals surface area contributed by atoms with Crippen molar-refractivity contribution >= 4 is 10.8 Å². The van der Waals surface area contributed by atoms with E-state index >= 15 is 0 Å². The summed E-state index contributed by atoms with van der Waals surface area (Å²) in [4.78, 5) is 0. The molecule has 0 atom stereocenters. The lowest BCUT2D eigenvalue weighted by Crippen LogP contribution is -2.20. The fraction of sp³-hybridized carbons (Fsp3) is 0.333. The number of hydrogen-bond acceptors (Lipinski definition) is 4. The van der Waals surface area contributed by atoms with Gasteiger partial charge in [-0.2, -0.15) is 0 Å². The number of nitrogens with one attached hydrogen (secondary N) is 1. The van der Waals surface area contributed by atoms with Crippen LogP contribution in [0.25, 0.3) is 10.8 Å². The summed E-state index contributed by atoms with van der Waals surface area (Å²) in [5, 5.41) is 23.9. The van der Waals surface area contributed by atoms with E-state index in [0.717, 1.165) is 16.3 Å². The van der Waals surface area contributed by atoms with E-state index in [2.05, 4.69) is 5.32 Å². The molecule has 0 heterocycles. The summed E-state index contributed by atoms with van der Waals surface area (Å²) in [5.74, 6) is 0.308. The minimum Gasteiger partial charge on any atom is -0.508 e. The Morgan fingerprint density at radius 2 is 1.89 bits per heavy atom. The number of fused-ring (bicyclic) bond motifs is 1. The topological polar surface area (TPSA) is 61.7 Å². The van der Waals surface area contributed by atoms with Gasteiger partial charge >= 0.3 is 0 Å². The Labute approximate surface area is 112 Å². The molecular weight excluding hydrogens is 242 g/mol. The molecule has 0 aliphatic carbocycles. The van der Waals surface area contributed by atoms with E-state index in [1.165, 1.54) is 0 Å². The first-order valence-electron chi connectivity index (χ1n) is 6.42. The highest BCUT2D eigenvalue weighted by Gasteiger charge is 2.05. The lowest BCUT2D eigenvalue weighted by atomic mass is 10.0. The van der Waals surface area contributed by atoms with E-state index < -0.39 is 0 Å². The zero-order valence-corrected chi connectivity index (χ0v) is 10.8. The molecule has 0 unspecified atom stereocenters. The third-order valence-electron chi connectivity index (χ3n) is 2.98. The predicted molar refractivity (Wildman–Crippen MR) is 75.2 cm³/mol. The van der Waals surface area contributed by atoms with Crippen LogP contribution < -0.4 is 5.32 Å². The molecule has 0 amide bonds. The first kappa shape index (κ1) is 13.8. The van der Waals surface area contributed by atoms with Crippen molar-refractivity contribution in [1.82, 2.24) is 5.32 Å². The van der Waals surface area contributed by atoms with Crippen LogP contribution in [0.2, 0.25) is 0 Å². The van der Waals surface area contributed by atoms with Gasteiger partial charge < -0.3 is 20.3 Å². The third kappa shape index (κ3) is 3.67. The van der Waals surface area contributed by atoms with Crippen molar-refractivity contribution in [3.05, 3.63) is 42.0 Å². The quantitative estimate of drug-likeness (QED) is 0.663. The van der Waals surface area contributed by atoms with Crippen LogP contribution in [0.1, 0.15) is 5.56 Å². The summed E-state index contributed by atoms with van der Waals surface area (Å²) in [5.41, 5.74) is 0.903. The van der Waals surface area contributed by atoms with Crippen molar-refractivity contribution in [1.29, 1.82) is 0 Å². The molecule has 2 aromatic carbocycles. The maximum absolute atomic E-state index is 9.94. The van der Waals surface area contributed by atoms with Crippen molar-refractivity contribution in [3.63, 3.8) is 0 Å². The number of phenols is 1. The number of aliphatic hydroxyl groups excluding tert-OH is 1. The number of aromatic hydroxyl groups is 1. The second-order valence-corrected chi connectivity index (χ2v) is 4.30. The highest BCUT2D eigenvalue weighted by atomic mass is 16.5. The van der Waals surface area contributed by atoms with Gasteiger partial charge in [-0.1, -0.05) is 30.3 Å². The fourth-order valence-electron chi connectivity index (χ4n) is 2.03. The van der Waals surface area contributed by atoms with Crippen molar-refractivity contribution in [2.75, 3.05) is 26.4 Å². The number of benzene rings is 2. The van der Waals surface area contributed by atoms with Crippen molar-refractivity contribution in [2.24, 2.45) is 0 Å². The summed E-state index contributed by atoms with van der Waals surface area (Å²) in [7, 11) is 0. The molecule has 4 heteroatoms. The van der Waals surface area contributed by atoms with E-state index in [1.54, 1.807) is 6.07 Å². The van der Waals surface area contributed by atoms with E-state index in [9.17, 15) is 5.11 Å². The highest BCUT2D eigenvalue weighted by Crippen LogP contribution is 2.26. The zero-order chi connectivity index (χ0) is 13.5. The molecule has 0 saturated carbocycles. The predicted octanol–water partition coefficient (Wildman–Crippen LogP) is 1.64. The molecule has 4 nitrogen and oxygen atoms in total. The van der Waals surface area contributed by atoms with Crippen LogP contribution in [0.15, 0.2) is 36.4 Å². The van der Waals surface area contributed by atoms with Gasteiger partial charge in [0.05, 0.1) is 19.8 Å². The number of hydrogen-bond donors (Lipinski definition) is 3. The van der Waals surface area contributed by atoms with Crippen LogP contribution in [0, 0.1) is 0 Å². The number of phenolic OH excluding ortho intramolecular Hbond substituents is 1. The first-order chi connectivity index (χ1) is 9.33. The van der Waals surface area contributed by atoms with Crippen LogP contribution in [-0.4, -0.2) is 36.6 Å². The van der Waals surface area contributed by atoms with E-state index in [-0.39, 0.29) is 6.61 Å². The summed E-state index contributed by atoms with van der Waals surface area (Å²) in [6.45, 7) is 2.23. The van der Waals surface area contributed by atoms with Gasteiger partial charge in [-0.25, -0.2) is 0 Å². The third-order valence-corrected chi connectivity index (χ3v) is 2.98. The Balaban J connectivity index is 1.98. The smallest absolute Gasteiger partial charge is 0.120 e. The van der Waals surface area contributed by atoms with Gasteiger partial charge in [0.1, 0.15) is 5.75 Å². The van der Waals surface area contributed by atoms with Crippen molar-refractivity contribution in [2.45, 2.75) is 6.54 Å². The highest BCUT2D eigenvalue weighted by molar-refractivity contribution is 5.87. The SMILES string of the molecule is OCCOCCNCc1c(O)ccc2ccccc12. The molecule has 2 aromatic rings. The first-order valence-corrected chi connectivity index (χ1v) is 6.42. The number of aliphatic hydroxyl groups is 1. The molecule has 102 valence electrons. The minimum absolute atomic E-state index is 0.0457. The average Bonchev–Trinajstić information content (AvgIpc) is 2.44. The van der Waals surface area contributed by atoms with Crippen LogP contribution in [0.3, 0.4) is 0 Å². The Hall–Kier alpha value is -1.62. The molecule has 3 N–H and O–H groups in total. The summed E-state index contributed by atoms with van der Waals surface area (Å²) in [6, 6.07) is 11.6. The van der Waals surface area contributed by atoms with E-state index in [0.29, 0.717) is 32.1 Å². The van der Waals surface area contributed by atoms with Crippen molar-refractivity contribution < 1.29 is 14.9 Å². The van der Waals surface area contributed by atoms with Gasteiger partial charge in [0.25, 0.3) is 0 Å². The molecule has 2 rings (SSSR count). The van der Waals surface area contributed by atoms with Gasteiger partial charge in [0.2, 0.25) is 0 Å². The second-order valence-electron chi connectivity index (χ2n) is 4.30. The van der Waals surface area contributed by atoms with E-state index in [1.807, 2.05) is 30.3 Å². The summed E-state index contributed by atoms with van der Waals surface area (Å²) >= 11 is 0. The maximum Gasteiger partial charge on any atom is 0.120 e. The summed E-state index contributed by atoms with van der Waals surface area (Å²) in [6.07, 6.45) is 0. The Kier molecular flexibility index (Phi) is 5.15. The van der Waals surface area contributed by atoms with E-state index in [4.69, 9.17) is 9.84 Å². The molecule has 19 heavy (non-hydrogen) atoms. The standard InChI is InChI=1S/C15H19NO3/c17-8-10-19-9-7-16-11-14-13-4-2-1-3-12(13)5-6-15(14)18/h1-6,16-18H,7-11H2. The maximum atomic E-state index is 9.94. The van der Waals surface area contributed by atoms with Crippen molar-refractivity contribution in [3.8, 4) is 5.75 Å². The molecule has 0 aliphatic rings. The molecule has 0 aliphatic heterocycles. The number of ether oxygens (including phenoxy) is 1. The van der Waals surface area contributed by atoms with Crippen LogP contribution >= 0.6 is 0 Å². The number of rotatable bonds is 7. The Bertz CT molecular complexity index is 528. The molecule has 0 fully saturated rings. The van der Waals surface area contributed by atoms with Crippen LogP contribution in [0.5, 0.6) is 5.75 Å². The Morgan fingerprint density at radius 1 is 1.05 bits per heavy atom. The monoisotopic (exact) mass is 261 g/mol. The molecule has 0 radical (unpaired) electrons. The minimum atomic E-state index is 0.0457. The molecule has 0 spiro atoms. The normalized spacial score (nSPS) is 11.0.